The molecule has 0 aromatic carbocycles. The lowest BCUT2D eigenvalue weighted by molar-refractivity contribution is 0.0981. The third kappa shape index (κ3) is 2.41. The van der Waals surface area contributed by atoms with Crippen LogP contribution in [0.2, 0.25) is 0 Å². The number of hydrogen-bond acceptors (Lipinski definition) is 5. The van der Waals surface area contributed by atoms with Gasteiger partial charge in [-0.15, -0.1) is 0 Å². The number of aromatic nitrogens is 2. The van der Waals surface area contributed by atoms with Crippen molar-refractivity contribution in [1.82, 2.24) is 10.1 Å². The minimum Gasteiger partial charge on any atom is -0.372 e. The van der Waals surface area contributed by atoms with Crippen molar-refractivity contribution in [1.29, 1.82) is 0 Å². The Labute approximate surface area is 95.3 Å². The first kappa shape index (κ1) is 11.5. The van der Waals surface area contributed by atoms with Gasteiger partial charge >= 0.3 is 0 Å². The van der Waals surface area contributed by atoms with Crippen molar-refractivity contribution >= 4 is 0 Å². The summed E-state index contributed by atoms with van der Waals surface area (Å²) in [5.41, 5.74) is 5.85. The van der Waals surface area contributed by atoms with Gasteiger partial charge in [0.25, 0.3) is 5.89 Å². The predicted octanol–water partition coefficient (Wildman–Crippen LogP) is 1.72. The second kappa shape index (κ2) is 4.93. The molecular formula is C11H19N3O2. The Morgan fingerprint density at radius 3 is 2.88 bits per heavy atom. The molecule has 1 saturated carbocycles. The molecule has 2 N–H and O–H groups in total. The summed E-state index contributed by atoms with van der Waals surface area (Å²) in [6.45, 7) is 3.16. The van der Waals surface area contributed by atoms with Crippen LogP contribution < -0.4 is 5.73 Å². The molecule has 1 fully saturated rings. The van der Waals surface area contributed by atoms with Gasteiger partial charge in [0.2, 0.25) is 0 Å². The summed E-state index contributed by atoms with van der Waals surface area (Å²) in [4.78, 5) is 4.31. The lowest BCUT2D eigenvalue weighted by Gasteiger charge is -2.17. The number of hydrogen-bond donors (Lipinski definition) is 1. The Balaban J connectivity index is 1.96. The molecule has 0 bridgehead atoms. The smallest absolute Gasteiger partial charge is 0.252 e. The molecule has 0 unspecified atom stereocenters. The lowest BCUT2D eigenvalue weighted by Crippen LogP contribution is -2.34. The van der Waals surface area contributed by atoms with E-state index in [1.165, 1.54) is 0 Å². The third-order valence-corrected chi connectivity index (χ3v) is 2.98. The van der Waals surface area contributed by atoms with Crippen molar-refractivity contribution in [3.05, 3.63) is 11.7 Å². The van der Waals surface area contributed by atoms with Crippen LogP contribution in [-0.2, 0) is 16.9 Å². The summed E-state index contributed by atoms with van der Waals surface area (Å²) in [5.74, 6) is 1.17. The van der Waals surface area contributed by atoms with E-state index in [1.807, 2.05) is 0 Å². The maximum absolute atomic E-state index is 6.22. The molecule has 2 rings (SSSR count). The van der Waals surface area contributed by atoms with E-state index in [0.29, 0.717) is 24.9 Å². The average molecular weight is 225 g/mol. The lowest BCUT2D eigenvalue weighted by atomic mass is 9.99. The first-order valence-corrected chi connectivity index (χ1v) is 5.94. The van der Waals surface area contributed by atoms with Crippen LogP contribution in [0.5, 0.6) is 0 Å². The van der Waals surface area contributed by atoms with E-state index >= 15 is 0 Å². The first-order valence-electron chi connectivity index (χ1n) is 5.94. The van der Waals surface area contributed by atoms with E-state index < -0.39 is 0 Å². The van der Waals surface area contributed by atoms with Gasteiger partial charge in [0, 0.05) is 6.61 Å². The van der Waals surface area contributed by atoms with Crippen molar-refractivity contribution < 1.29 is 9.26 Å². The van der Waals surface area contributed by atoms with E-state index in [0.717, 1.165) is 32.1 Å². The van der Waals surface area contributed by atoms with Crippen LogP contribution >= 0.6 is 0 Å². The Hall–Kier alpha value is -0.940. The highest BCUT2D eigenvalue weighted by molar-refractivity contribution is 5.06. The van der Waals surface area contributed by atoms with Crippen molar-refractivity contribution in [2.75, 3.05) is 6.61 Å². The van der Waals surface area contributed by atoms with Crippen molar-refractivity contribution in [3.63, 3.8) is 0 Å². The monoisotopic (exact) mass is 225 g/mol. The molecule has 0 amide bonds. The van der Waals surface area contributed by atoms with Gasteiger partial charge in [-0.05, 0) is 19.3 Å². The fraction of sp³-hybridized carbons (Fsp3) is 0.818. The van der Waals surface area contributed by atoms with Crippen molar-refractivity contribution in [2.24, 2.45) is 5.73 Å². The molecule has 5 heteroatoms. The Kier molecular flexibility index (Phi) is 3.56. The zero-order chi connectivity index (χ0) is 11.4. The fourth-order valence-corrected chi connectivity index (χ4v) is 2.05. The quantitative estimate of drug-likeness (QED) is 0.772. The van der Waals surface area contributed by atoms with E-state index in [4.69, 9.17) is 15.0 Å². The molecule has 90 valence electrons. The molecule has 0 spiro atoms. The minimum atomic E-state index is -0.369. The average Bonchev–Trinajstić information content (AvgIpc) is 2.88. The van der Waals surface area contributed by atoms with Gasteiger partial charge in [0.1, 0.15) is 6.61 Å². The van der Waals surface area contributed by atoms with Gasteiger partial charge in [0.05, 0.1) is 5.54 Å². The number of nitrogens with two attached hydrogens (primary N) is 1. The van der Waals surface area contributed by atoms with E-state index in [-0.39, 0.29) is 5.54 Å². The summed E-state index contributed by atoms with van der Waals surface area (Å²) in [6, 6.07) is 0. The largest absolute Gasteiger partial charge is 0.372 e. The Morgan fingerprint density at radius 1 is 1.44 bits per heavy atom. The molecule has 1 aromatic heterocycles. The van der Waals surface area contributed by atoms with Gasteiger partial charge in [-0.1, -0.05) is 24.9 Å². The van der Waals surface area contributed by atoms with E-state index in [2.05, 4.69) is 17.1 Å². The Morgan fingerprint density at radius 2 is 2.19 bits per heavy atom. The van der Waals surface area contributed by atoms with Gasteiger partial charge in [-0.3, -0.25) is 0 Å². The number of rotatable bonds is 5. The van der Waals surface area contributed by atoms with Gasteiger partial charge in [-0.2, -0.15) is 4.98 Å². The molecule has 0 saturated heterocycles. The highest BCUT2D eigenvalue weighted by Crippen LogP contribution is 2.34. The van der Waals surface area contributed by atoms with Crippen molar-refractivity contribution in [2.45, 2.75) is 51.2 Å². The topological polar surface area (TPSA) is 74.2 Å². The van der Waals surface area contributed by atoms with Crippen LogP contribution in [-0.4, -0.2) is 16.7 Å². The van der Waals surface area contributed by atoms with Gasteiger partial charge < -0.3 is 15.0 Å². The molecule has 0 atom stereocenters. The van der Waals surface area contributed by atoms with Crippen LogP contribution in [0.4, 0.5) is 0 Å². The normalized spacial score (nSPS) is 19.1. The second-order valence-corrected chi connectivity index (χ2v) is 4.43. The zero-order valence-electron chi connectivity index (χ0n) is 9.74. The van der Waals surface area contributed by atoms with E-state index in [1.54, 1.807) is 0 Å². The summed E-state index contributed by atoms with van der Waals surface area (Å²) in [5, 5.41) is 3.96. The highest BCUT2D eigenvalue weighted by atomic mass is 16.5. The summed E-state index contributed by atoms with van der Waals surface area (Å²) in [6.07, 6.45) is 5.17. The van der Waals surface area contributed by atoms with Crippen LogP contribution in [0, 0.1) is 0 Å². The molecule has 16 heavy (non-hydrogen) atoms. The van der Waals surface area contributed by atoms with Gasteiger partial charge in [-0.25, -0.2) is 0 Å². The predicted molar refractivity (Wildman–Crippen MR) is 58.6 cm³/mol. The maximum Gasteiger partial charge on any atom is 0.252 e. The molecule has 0 radical (unpaired) electrons. The molecule has 0 aliphatic heterocycles. The maximum atomic E-state index is 6.22. The molecule has 1 aromatic rings. The van der Waals surface area contributed by atoms with E-state index in [9.17, 15) is 0 Å². The number of ether oxygens (including phenoxy) is 1. The zero-order valence-corrected chi connectivity index (χ0v) is 9.74. The SMILES string of the molecule is CCCOCc1nc(C2(N)CCCC2)no1. The first-order chi connectivity index (χ1) is 7.74. The highest BCUT2D eigenvalue weighted by Gasteiger charge is 2.35. The number of nitrogens with zero attached hydrogens (tertiary/aromatic N) is 2. The summed E-state index contributed by atoms with van der Waals surface area (Å²) >= 11 is 0. The molecule has 1 aliphatic carbocycles. The summed E-state index contributed by atoms with van der Waals surface area (Å²) < 4.78 is 10.5. The van der Waals surface area contributed by atoms with Crippen LogP contribution in [0.1, 0.15) is 50.7 Å². The standard InChI is InChI=1S/C11H19N3O2/c1-2-7-15-8-9-13-10(14-16-9)11(12)5-3-4-6-11/h2-8,12H2,1H3. The summed E-state index contributed by atoms with van der Waals surface area (Å²) in [7, 11) is 0. The molecular weight excluding hydrogens is 206 g/mol. The van der Waals surface area contributed by atoms with Gasteiger partial charge in [0.15, 0.2) is 5.82 Å². The second-order valence-electron chi connectivity index (χ2n) is 4.43. The van der Waals surface area contributed by atoms with Crippen LogP contribution in [0.15, 0.2) is 4.52 Å². The fourth-order valence-electron chi connectivity index (χ4n) is 2.05. The molecule has 1 heterocycles. The molecule has 1 aliphatic rings. The van der Waals surface area contributed by atoms with Crippen LogP contribution in [0.3, 0.4) is 0 Å². The van der Waals surface area contributed by atoms with Crippen molar-refractivity contribution in [3.8, 4) is 0 Å². The van der Waals surface area contributed by atoms with Crippen LogP contribution in [0.25, 0.3) is 0 Å². The minimum absolute atomic E-state index is 0.369. The third-order valence-electron chi connectivity index (χ3n) is 2.98. The molecule has 5 nitrogen and oxygen atoms in total. The Bertz CT molecular complexity index is 332.